The van der Waals surface area contributed by atoms with Crippen molar-refractivity contribution >= 4 is 23.3 Å². The molecule has 0 aliphatic heterocycles. The number of rotatable bonds is 5. The number of hydrogen-bond donors (Lipinski definition) is 2. The number of amides is 2. The van der Waals surface area contributed by atoms with Gasteiger partial charge >= 0.3 is 6.03 Å². The van der Waals surface area contributed by atoms with E-state index in [9.17, 15) is 9.18 Å². The van der Waals surface area contributed by atoms with Crippen molar-refractivity contribution in [3.8, 4) is 0 Å². The molecule has 0 aliphatic rings. The molecule has 0 saturated heterocycles. The number of benzene rings is 1. The number of halogens is 2. The number of hydrogen-bond acceptors (Lipinski definition) is 2. The fourth-order valence-corrected chi connectivity index (χ4v) is 1.51. The van der Waals surface area contributed by atoms with Crippen molar-refractivity contribution in [2.24, 2.45) is 0 Å². The monoisotopic (exact) mass is 274 g/mol. The van der Waals surface area contributed by atoms with Crippen molar-refractivity contribution in [3.05, 3.63) is 29.0 Å². The first-order valence-corrected chi connectivity index (χ1v) is 5.92. The summed E-state index contributed by atoms with van der Waals surface area (Å²) in [6.07, 6.45) is 0.682. The molecule has 0 saturated carbocycles. The Bertz CT molecular complexity index is 415. The van der Waals surface area contributed by atoms with Gasteiger partial charge in [-0.05, 0) is 31.5 Å². The van der Waals surface area contributed by atoms with Gasteiger partial charge in [0.1, 0.15) is 5.82 Å². The van der Waals surface area contributed by atoms with E-state index >= 15 is 0 Å². The fourth-order valence-electron chi connectivity index (χ4n) is 1.34. The minimum Gasteiger partial charge on any atom is -0.385 e. The smallest absolute Gasteiger partial charge is 0.319 e. The summed E-state index contributed by atoms with van der Waals surface area (Å²) in [4.78, 5) is 11.6. The van der Waals surface area contributed by atoms with Gasteiger partial charge in [0.15, 0.2) is 0 Å². The zero-order chi connectivity index (χ0) is 13.5. The number of carbonyl (C=O) groups is 1. The lowest BCUT2D eigenvalue weighted by molar-refractivity contribution is 0.185. The van der Waals surface area contributed by atoms with Crippen LogP contribution in [0.4, 0.5) is 14.9 Å². The Morgan fingerprint density at radius 1 is 1.56 bits per heavy atom. The van der Waals surface area contributed by atoms with E-state index in [2.05, 4.69) is 10.6 Å². The summed E-state index contributed by atoms with van der Waals surface area (Å²) in [5, 5.41) is 5.44. The van der Waals surface area contributed by atoms with E-state index in [0.717, 1.165) is 0 Å². The van der Waals surface area contributed by atoms with Crippen molar-refractivity contribution in [3.63, 3.8) is 0 Å². The molecule has 6 heteroatoms. The lowest BCUT2D eigenvalue weighted by atomic mass is 10.2. The summed E-state index contributed by atoms with van der Waals surface area (Å²) in [6.45, 7) is 2.39. The maximum absolute atomic E-state index is 13.3. The SMILES string of the molecule is COCC[C@H](C)NC(=O)Nc1cc(Cl)ccc1F. The van der Waals surface area contributed by atoms with Crippen molar-refractivity contribution in [1.82, 2.24) is 5.32 Å². The normalized spacial score (nSPS) is 12.0. The average molecular weight is 275 g/mol. The third kappa shape index (κ3) is 4.89. The van der Waals surface area contributed by atoms with Crippen LogP contribution in [0.5, 0.6) is 0 Å². The molecule has 0 heterocycles. The Balaban J connectivity index is 2.51. The molecule has 100 valence electrons. The first-order valence-electron chi connectivity index (χ1n) is 5.54. The van der Waals surface area contributed by atoms with E-state index in [4.69, 9.17) is 16.3 Å². The number of methoxy groups -OCH3 is 1. The molecule has 1 aromatic rings. The predicted octanol–water partition coefficient (Wildman–Crippen LogP) is 3.03. The Labute approximate surface area is 110 Å². The topological polar surface area (TPSA) is 50.4 Å². The molecule has 0 bridgehead atoms. The first-order chi connectivity index (χ1) is 8.52. The zero-order valence-electron chi connectivity index (χ0n) is 10.3. The van der Waals surface area contributed by atoms with E-state index in [1.165, 1.54) is 18.2 Å². The molecular formula is C12H16ClFN2O2. The molecule has 18 heavy (non-hydrogen) atoms. The van der Waals surface area contributed by atoms with Gasteiger partial charge in [-0.1, -0.05) is 11.6 Å². The minimum atomic E-state index is -0.529. The Morgan fingerprint density at radius 3 is 2.94 bits per heavy atom. The van der Waals surface area contributed by atoms with Gasteiger partial charge in [0.05, 0.1) is 5.69 Å². The van der Waals surface area contributed by atoms with Gasteiger partial charge in [0.2, 0.25) is 0 Å². The second-order valence-corrected chi connectivity index (χ2v) is 4.34. The van der Waals surface area contributed by atoms with Crippen molar-refractivity contribution in [2.45, 2.75) is 19.4 Å². The van der Waals surface area contributed by atoms with Crippen LogP contribution in [0.2, 0.25) is 5.02 Å². The summed E-state index contributed by atoms with van der Waals surface area (Å²) in [7, 11) is 1.59. The summed E-state index contributed by atoms with van der Waals surface area (Å²) >= 11 is 5.72. The Kier molecular flexibility index (Phi) is 5.88. The molecule has 0 fully saturated rings. The van der Waals surface area contributed by atoms with E-state index in [1.807, 2.05) is 6.92 Å². The Morgan fingerprint density at radius 2 is 2.28 bits per heavy atom. The average Bonchev–Trinajstić information content (AvgIpc) is 2.31. The van der Waals surface area contributed by atoms with E-state index < -0.39 is 11.8 Å². The zero-order valence-corrected chi connectivity index (χ0v) is 11.1. The van der Waals surface area contributed by atoms with Crippen LogP contribution in [0.3, 0.4) is 0 Å². The number of nitrogens with one attached hydrogen (secondary N) is 2. The number of anilines is 1. The van der Waals surface area contributed by atoms with Crippen LogP contribution in [-0.2, 0) is 4.74 Å². The van der Waals surface area contributed by atoms with Gasteiger partial charge in [-0.25, -0.2) is 9.18 Å². The Hall–Kier alpha value is -1.33. The molecule has 2 N–H and O–H groups in total. The van der Waals surface area contributed by atoms with Crippen molar-refractivity contribution in [2.75, 3.05) is 19.0 Å². The highest BCUT2D eigenvalue weighted by atomic mass is 35.5. The maximum Gasteiger partial charge on any atom is 0.319 e. The van der Waals surface area contributed by atoms with Crippen LogP contribution in [-0.4, -0.2) is 25.8 Å². The number of urea groups is 1. The van der Waals surface area contributed by atoms with Crippen LogP contribution in [0.15, 0.2) is 18.2 Å². The molecule has 0 spiro atoms. The molecule has 1 atom stereocenters. The van der Waals surface area contributed by atoms with Gasteiger partial charge in [-0.15, -0.1) is 0 Å². The summed E-state index contributed by atoms with van der Waals surface area (Å²) in [5.41, 5.74) is 0.0546. The standard InChI is InChI=1S/C12H16ClFN2O2/c1-8(5-6-18-2)15-12(17)16-11-7-9(13)3-4-10(11)14/h3-4,7-8H,5-6H2,1-2H3,(H2,15,16,17)/t8-/m0/s1. The molecule has 2 amide bonds. The summed E-state index contributed by atoms with van der Waals surface area (Å²) < 4.78 is 18.2. The fraction of sp³-hybridized carbons (Fsp3) is 0.417. The van der Waals surface area contributed by atoms with Crippen LogP contribution in [0.1, 0.15) is 13.3 Å². The largest absolute Gasteiger partial charge is 0.385 e. The minimum absolute atomic E-state index is 0.0546. The molecule has 0 aliphatic carbocycles. The third-order valence-corrected chi connectivity index (χ3v) is 2.54. The van der Waals surface area contributed by atoms with Crippen LogP contribution < -0.4 is 10.6 Å². The quantitative estimate of drug-likeness (QED) is 0.867. The van der Waals surface area contributed by atoms with Crippen molar-refractivity contribution < 1.29 is 13.9 Å². The second kappa shape index (κ2) is 7.18. The van der Waals surface area contributed by atoms with Gasteiger partial charge < -0.3 is 15.4 Å². The molecule has 4 nitrogen and oxygen atoms in total. The van der Waals surface area contributed by atoms with E-state index in [1.54, 1.807) is 7.11 Å². The van der Waals surface area contributed by atoms with Gasteiger partial charge in [0, 0.05) is 24.8 Å². The number of ether oxygens (including phenoxy) is 1. The molecule has 1 rings (SSSR count). The maximum atomic E-state index is 13.3. The summed E-state index contributed by atoms with van der Waals surface area (Å²) in [5.74, 6) is -0.529. The highest BCUT2D eigenvalue weighted by molar-refractivity contribution is 6.30. The van der Waals surface area contributed by atoms with Gasteiger partial charge in [-0.2, -0.15) is 0 Å². The first kappa shape index (κ1) is 14.7. The molecule has 0 radical (unpaired) electrons. The van der Waals surface area contributed by atoms with Gasteiger partial charge in [0.25, 0.3) is 0 Å². The number of carbonyl (C=O) groups excluding carboxylic acids is 1. The van der Waals surface area contributed by atoms with Crippen LogP contribution in [0.25, 0.3) is 0 Å². The van der Waals surface area contributed by atoms with Crippen molar-refractivity contribution in [1.29, 1.82) is 0 Å². The van der Waals surface area contributed by atoms with Crippen LogP contribution in [0, 0.1) is 5.82 Å². The van der Waals surface area contributed by atoms with E-state index in [0.29, 0.717) is 18.1 Å². The highest BCUT2D eigenvalue weighted by Crippen LogP contribution is 2.19. The highest BCUT2D eigenvalue weighted by Gasteiger charge is 2.10. The third-order valence-electron chi connectivity index (χ3n) is 2.31. The predicted molar refractivity (Wildman–Crippen MR) is 69.5 cm³/mol. The van der Waals surface area contributed by atoms with Crippen LogP contribution >= 0.6 is 11.6 Å². The molecule has 0 unspecified atom stereocenters. The molecule has 0 aromatic heterocycles. The lowest BCUT2D eigenvalue weighted by Crippen LogP contribution is -2.36. The molecular weight excluding hydrogens is 259 g/mol. The summed E-state index contributed by atoms with van der Waals surface area (Å²) in [6, 6.07) is 3.44. The molecule has 1 aromatic carbocycles. The lowest BCUT2D eigenvalue weighted by Gasteiger charge is -2.14. The van der Waals surface area contributed by atoms with E-state index in [-0.39, 0.29) is 11.7 Å². The second-order valence-electron chi connectivity index (χ2n) is 3.91. The van der Waals surface area contributed by atoms with Gasteiger partial charge in [-0.3, -0.25) is 0 Å².